The van der Waals surface area contributed by atoms with E-state index in [1.165, 1.54) is 25.7 Å². The van der Waals surface area contributed by atoms with Crippen LogP contribution in [-0.4, -0.2) is 33.8 Å². The Balaban J connectivity index is 1.43. The summed E-state index contributed by atoms with van der Waals surface area (Å²) in [7, 11) is 0. The topological polar surface area (TPSA) is 100 Å². The summed E-state index contributed by atoms with van der Waals surface area (Å²) >= 11 is 0. The molecule has 3 aromatic rings. The molecule has 0 saturated carbocycles. The Morgan fingerprint density at radius 1 is 1.03 bits per heavy atom. The number of aromatic nitrogens is 3. The summed E-state index contributed by atoms with van der Waals surface area (Å²) in [5, 5.41) is 5.91. The number of aromatic amines is 1. The molecule has 0 atom stereocenters. The zero-order valence-electron chi connectivity index (χ0n) is 16.8. The Morgan fingerprint density at radius 2 is 1.77 bits per heavy atom. The van der Waals surface area contributed by atoms with Crippen molar-refractivity contribution >= 4 is 22.5 Å². The number of nitrogens with one attached hydrogen (secondary N) is 2. The molecule has 1 saturated heterocycles. The number of hydrogen-bond acceptors (Lipinski definition) is 5. The Labute approximate surface area is 173 Å². The zero-order valence-corrected chi connectivity index (χ0v) is 16.8. The van der Waals surface area contributed by atoms with Crippen LogP contribution in [0.3, 0.4) is 0 Å². The van der Waals surface area contributed by atoms with Crippen LogP contribution in [0.5, 0.6) is 0 Å². The molecule has 3 heterocycles. The van der Waals surface area contributed by atoms with Crippen LogP contribution in [0.4, 0.5) is 5.82 Å². The fourth-order valence-electron chi connectivity index (χ4n) is 3.80. The predicted molar refractivity (Wildman–Crippen MR) is 116 cm³/mol. The van der Waals surface area contributed by atoms with Gasteiger partial charge in [0.05, 0.1) is 10.8 Å². The molecule has 30 heavy (non-hydrogen) atoms. The van der Waals surface area contributed by atoms with Gasteiger partial charge < -0.3 is 10.2 Å². The van der Waals surface area contributed by atoms with E-state index in [1.54, 1.807) is 30.5 Å². The highest BCUT2D eigenvalue weighted by atomic mass is 16.2. The van der Waals surface area contributed by atoms with Gasteiger partial charge in [-0.05, 0) is 42.7 Å². The second-order valence-electron chi connectivity index (χ2n) is 7.58. The number of pyridine rings is 1. The lowest BCUT2D eigenvalue weighted by Crippen LogP contribution is -2.36. The van der Waals surface area contributed by atoms with Crippen molar-refractivity contribution in [2.75, 3.05) is 18.0 Å². The molecule has 1 aromatic carbocycles. The molecule has 1 aliphatic rings. The van der Waals surface area contributed by atoms with Gasteiger partial charge in [0.1, 0.15) is 12.4 Å². The van der Waals surface area contributed by atoms with Gasteiger partial charge in [-0.3, -0.25) is 19.5 Å². The fourth-order valence-corrected chi connectivity index (χ4v) is 3.80. The van der Waals surface area contributed by atoms with Crippen LogP contribution in [0, 0.1) is 0 Å². The van der Waals surface area contributed by atoms with E-state index in [0.29, 0.717) is 17.3 Å². The van der Waals surface area contributed by atoms with Crippen LogP contribution in [0.15, 0.2) is 52.2 Å². The highest BCUT2D eigenvalue weighted by Gasteiger charge is 2.13. The molecule has 1 fully saturated rings. The Bertz CT molecular complexity index is 1160. The van der Waals surface area contributed by atoms with E-state index in [-0.39, 0.29) is 12.5 Å². The Morgan fingerprint density at radius 3 is 2.53 bits per heavy atom. The van der Waals surface area contributed by atoms with Gasteiger partial charge >= 0.3 is 0 Å². The molecule has 4 rings (SSSR count). The minimum atomic E-state index is -0.396. The van der Waals surface area contributed by atoms with Crippen molar-refractivity contribution < 1.29 is 4.79 Å². The summed E-state index contributed by atoms with van der Waals surface area (Å²) in [4.78, 5) is 43.9. The van der Waals surface area contributed by atoms with E-state index < -0.39 is 11.1 Å². The first-order valence-corrected chi connectivity index (χ1v) is 10.3. The zero-order chi connectivity index (χ0) is 20.9. The van der Waals surface area contributed by atoms with Gasteiger partial charge in [0, 0.05) is 25.8 Å². The number of hydrogen-bond donors (Lipinski definition) is 2. The fraction of sp³-hybridized carbons (Fsp3) is 0.364. The number of H-pyrrole nitrogens is 1. The maximum absolute atomic E-state index is 12.5. The monoisotopic (exact) mass is 407 g/mol. The van der Waals surface area contributed by atoms with Gasteiger partial charge in [-0.1, -0.05) is 25.0 Å². The quantitative estimate of drug-likeness (QED) is 0.672. The summed E-state index contributed by atoms with van der Waals surface area (Å²) in [6.07, 6.45) is 6.60. The van der Waals surface area contributed by atoms with Gasteiger partial charge in [0.2, 0.25) is 5.91 Å². The van der Waals surface area contributed by atoms with Gasteiger partial charge in [0.15, 0.2) is 0 Å². The third-order valence-corrected chi connectivity index (χ3v) is 5.42. The van der Waals surface area contributed by atoms with E-state index >= 15 is 0 Å². The van der Waals surface area contributed by atoms with Gasteiger partial charge in [-0.25, -0.2) is 9.67 Å². The first-order valence-electron chi connectivity index (χ1n) is 10.3. The van der Waals surface area contributed by atoms with Crippen LogP contribution in [0.1, 0.15) is 31.2 Å². The van der Waals surface area contributed by atoms with E-state index in [4.69, 9.17) is 0 Å². The molecular formula is C22H25N5O3. The number of anilines is 1. The average Bonchev–Trinajstić information content (AvgIpc) is 3.06. The maximum atomic E-state index is 12.5. The van der Waals surface area contributed by atoms with Gasteiger partial charge in [-0.15, -0.1) is 0 Å². The maximum Gasteiger partial charge on any atom is 0.273 e. The normalized spacial score (nSPS) is 14.5. The van der Waals surface area contributed by atoms with Crippen molar-refractivity contribution in [3.05, 3.63) is 68.9 Å². The number of benzene rings is 1. The Hall–Kier alpha value is -3.42. The molecule has 0 radical (unpaired) electrons. The van der Waals surface area contributed by atoms with Crippen molar-refractivity contribution in [2.45, 2.75) is 38.8 Å². The number of rotatable bonds is 5. The number of nitrogens with zero attached hydrogens (tertiary/aromatic N) is 3. The minimum Gasteiger partial charge on any atom is -0.357 e. The summed E-state index contributed by atoms with van der Waals surface area (Å²) in [6, 6.07) is 10.4. The molecule has 0 aliphatic carbocycles. The molecule has 8 nitrogen and oxygen atoms in total. The lowest BCUT2D eigenvalue weighted by Gasteiger charge is -2.21. The van der Waals surface area contributed by atoms with Crippen molar-refractivity contribution in [3.63, 3.8) is 0 Å². The minimum absolute atomic E-state index is 0.247. The van der Waals surface area contributed by atoms with Crippen molar-refractivity contribution in [2.24, 2.45) is 0 Å². The van der Waals surface area contributed by atoms with Crippen molar-refractivity contribution in [1.29, 1.82) is 0 Å². The third kappa shape index (κ3) is 4.42. The second kappa shape index (κ2) is 8.94. The molecule has 0 bridgehead atoms. The van der Waals surface area contributed by atoms with E-state index in [9.17, 15) is 14.4 Å². The van der Waals surface area contributed by atoms with Crippen LogP contribution < -0.4 is 21.3 Å². The van der Waals surface area contributed by atoms with E-state index in [0.717, 1.165) is 29.2 Å². The molecule has 0 spiro atoms. The first kappa shape index (κ1) is 19.9. The lowest BCUT2D eigenvalue weighted by molar-refractivity contribution is -0.122. The van der Waals surface area contributed by atoms with Gasteiger partial charge in [0.25, 0.3) is 11.1 Å². The van der Waals surface area contributed by atoms with E-state index in [1.807, 2.05) is 12.1 Å². The Kier molecular flexibility index (Phi) is 5.92. The van der Waals surface area contributed by atoms with Crippen LogP contribution in [0.25, 0.3) is 10.8 Å². The largest absolute Gasteiger partial charge is 0.357 e. The molecule has 2 N–H and O–H groups in total. The summed E-state index contributed by atoms with van der Waals surface area (Å²) in [5.41, 5.74) is 0.152. The summed E-state index contributed by atoms with van der Waals surface area (Å²) in [6.45, 7) is 2.08. The number of fused-ring (bicyclic) bond motifs is 1. The highest BCUT2D eigenvalue weighted by Crippen LogP contribution is 2.18. The van der Waals surface area contributed by atoms with Crippen LogP contribution in [-0.2, 0) is 17.9 Å². The highest BCUT2D eigenvalue weighted by molar-refractivity contribution is 5.81. The van der Waals surface area contributed by atoms with E-state index in [2.05, 4.69) is 20.3 Å². The number of carbonyl (C=O) groups excluding carboxylic acids is 1. The van der Waals surface area contributed by atoms with Crippen LogP contribution in [0.2, 0.25) is 0 Å². The average molecular weight is 407 g/mol. The lowest BCUT2D eigenvalue weighted by atomic mass is 10.2. The predicted octanol–water partition coefficient (Wildman–Crippen LogP) is 1.78. The molecule has 8 heteroatoms. The number of carbonyl (C=O) groups is 1. The molecule has 0 unspecified atom stereocenters. The van der Waals surface area contributed by atoms with Crippen LogP contribution >= 0.6 is 0 Å². The molecule has 1 amide bonds. The third-order valence-electron chi connectivity index (χ3n) is 5.42. The molecule has 2 aromatic heterocycles. The number of amides is 1. The SMILES string of the molecule is O=C(Cn1[nH]c(=O)c2ccccc2c1=O)NCc1ccnc(N2CCCCCC2)c1. The van der Waals surface area contributed by atoms with Crippen molar-refractivity contribution in [3.8, 4) is 0 Å². The molecular weight excluding hydrogens is 382 g/mol. The molecule has 156 valence electrons. The molecule has 1 aliphatic heterocycles. The smallest absolute Gasteiger partial charge is 0.273 e. The standard InChI is InChI=1S/C22H25N5O3/c28-20(15-27-22(30)18-8-4-3-7-17(18)21(29)25-27)24-14-16-9-10-23-19(13-16)26-11-5-1-2-6-12-26/h3-4,7-10,13H,1-2,5-6,11-12,14-15H2,(H,24,28)(H,25,29). The van der Waals surface area contributed by atoms with Gasteiger partial charge in [-0.2, -0.15) is 0 Å². The first-order chi connectivity index (χ1) is 14.6. The summed E-state index contributed by atoms with van der Waals surface area (Å²) < 4.78 is 1.05. The van der Waals surface area contributed by atoms with Crippen molar-refractivity contribution in [1.82, 2.24) is 20.1 Å². The second-order valence-corrected chi connectivity index (χ2v) is 7.58. The summed E-state index contributed by atoms with van der Waals surface area (Å²) in [5.74, 6) is 0.579.